The van der Waals surface area contributed by atoms with Gasteiger partial charge in [-0.1, -0.05) is 11.6 Å². The van der Waals surface area contributed by atoms with Gasteiger partial charge >= 0.3 is 6.18 Å². The second-order valence-electron chi connectivity index (χ2n) is 4.14. The van der Waals surface area contributed by atoms with Crippen LogP contribution in [0.1, 0.15) is 24.2 Å². The fourth-order valence-electron chi connectivity index (χ4n) is 1.72. The van der Waals surface area contributed by atoms with E-state index in [4.69, 9.17) is 17.3 Å². The molecule has 0 saturated heterocycles. The zero-order valence-electron chi connectivity index (χ0n) is 9.95. The Morgan fingerprint density at radius 3 is 2.63 bits per heavy atom. The summed E-state index contributed by atoms with van der Waals surface area (Å²) in [5.41, 5.74) is 5.77. The molecule has 0 amide bonds. The summed E-state index contributed by atoms with van der Waals surface area (Å²) in [6, 6.07) is 2.77. The molecule has 1 aromatic heterocycles. The smallest absolute Gasteiger partial charge is 0.323 e. The molecule has 19 heavy (non-hydrogen) atoms. The minimum atomic E-state index is -4.42. The van der Waals surface area contributed by atoms with Crippen molar-refractivity contribution in [2.45, 2.75) is 19.1 Å². The lowest BCUT2D eigenvalue weighted by Crippen LogP contribution is -2.12. The zero-order valence-corrected chi connectivity index (χ0v) is 10.7. The first-order chi connectivity index (χ1) is 8.80. The van der Waals surface area contributed by atoms with Gasteiger partial charge in [-0.2, -0.15) is 13.2 Å². The van der Waals surface area contributed by atoms with Crippen LogP contribution in [0.3, 0.4) is 0 Å². The fraction of sp³-hybridized carbons (Fsp3) is 0.250. The molecule has 0 aliphatic heterocycles. The first kappa shape index (κ1) is 13.9. The number of benzene rings is 1. The van der Waals surface area contributed by atoms with Crippen LogP contribution in [-0.2, 0) is 6.18 Å². The third kappa shape index (κ3) is 2.74. The summed E-state index contributed by atoms with van der Waals surface area (Å²) < 4.78 is 39.6. The Hall–Kier alpha value is -1.53. The Kier molecular flexibility index (Phi) is 3.56. The molecule has 0 aliphatic carbocycles. The Bertz CT molecular complexity index is 590. The normalized spacial score (nSPS) is 13.6. The molecule has 1 aromatic carbocycles. The van der Waals surface area contributed by atoms with E-state index < -0.39 is 11.7 Å². The summed E-state index contributed by atoms with van der Waals surface area (Å²) in [6.07, 6.45) is -1.53. The molecule has 2 N–H and O–H groups in total. The number of hydrogen-bond donors (Lipinski definition) is 1. The van der Waals surface area contributed by atoms with Crippen molar-refractivity contribution >= 4 is 11.6 Å². The maximum atomic E-state index is 12.7. The van der Waals surface area contributed by atoms with Crippen molar-refractivity contribution in [3.8, 4) is 5.69 Å². The van der Waals surface area contributed by atoms with E-state index in [0.29, 0.717) is 5.69 Å². The molecule has 7 heteroatoms. The summed E-state index contributed by atoms with van der Waals surface area (Å²) in [4.78, 5) is 3.90. The first-order valence-corrected chi connectivity index (χ1v) is 5.83. The van der Waals surface area contributed by atoms with Crippen molar-refractivity contribution in [1.82, 2.24) is 9.55 Å². The molecule has 1 heterocycles. The molecule has 3 nitrogen and oxygen atoms in total. The van der Waals surface area contributed by atoms with Gasteiger partial charge in [0.1, 0.15) is 0 Å². The highest BCUT2D eigenvalue weighted by atomic mass is 35.5. The van der Waals surface area contributed by atoms with Gasteiger partial charge in [0.2, 0.25) is 0 Å². The van der Waals surface area contributed by atoms with E-state index in [-0.39, 0.29) is 16.8 Å². The van der Waals surface area contributed by atoms with Gasteiger partial charge in [0, 0.05) is 6.04 Å². The van der Waals surface area contributed by atoms with Gasteiger partial charge in [-0.25, -0.2) is 4.98 Å². The SMILES string of the molecule is C[C@@H](N)c1cncn1-c1cc(C(F)(F)F)ccc1Cl. The number of rotatable bonds is 2. The molecular weight excluding hydrogens is 279 g/mol. The molecule has 0 spiro atoms. The highest BCUT2D eigenvalue weighted by Crippen LogP contribution is 2.33. The van der Waals surface area contributed by atoms with Gasteiger partial charge in [-0.05, 0) is 25.1 Å². The number of hydrogen-bond acceptors (Lipinski definition) is 2. The largest absolute Gasteiger partial charge is 0.416 e. The van der Waals surface area contributed by atoms with E-state index in [9.17, 15) is 13.2 Å². The molecule has 2 rings (SSSR count). The number of nitrogens with zero attached hydrogens (tertiary/aromatic N) is 2. The van der Waals surface area contributed by atoms with E-state index in [1.54, 1.807) is 6.92 Å². The first-order valence-electron chi connectivity index (χ1n) is 5.45. The predicted octanol–water partition coefficient (Wildman–Crippen LogP) is 3.56. The van der Waals surface area contributed by atoms with Crippen molar-refractivity contribution in [2.75, 3.05) is 0 Å². The highest BCUT2D eigenvalue weighted by Gasteiger charge is 2.31. The van der Waals surface area contributed by atoms with Crippen LogP contribution in [-0.4, -0.2) is 9.55 Å². The monoisotopic (exact) mass is 289 g/mol. The topological polar surface area (TPSA) is 43.8 Å². The van der Waals surface area contributed by atoms with E-state index in [1.165, 1.54) is 23.2 Å². The van der Waals surface area contributed by atoms with Gasteiger partial charge in [-0.15, -0.1) is 0 Å². The van der Waals surface area contributed by atoms with Crippen LogP contribution >= 0.6 is 11.6 Å². The molecule has 0 fully saturated rings. The van der Waals surface area contributed by atoms with E-state index in [2.05, 4.69) is 4.98 Å². The van der Waals surface area contributed by atoms with Gasteiger partial charge < -0.3 is 10.3 Å². The van der Waals surface area contributed by atoms with Crippen molar-refractivity contribution in [1.29, 1.82) is 0 Å². The van der Waals surface area contributed by atoms with E-state index in [1.807, 2.05) is 0 Å². The molecule has 0 unspecified atom stereocenters. The Labute approximate surface area is 112 Å². The summed E-state index contributed by atoms with van der Waals surface area (Å²) >= 11 is 5.96. The average molecular weight is 290 g/mol. The summed E-state index contributed by atoms with van der Waals surface area (Å²) in [6.45, 7) is 1.72. The van der Waals surface area contributed by atoms with Crippen molar-refractivity contribution in [2.24, 2.45) is 5.73 Å². The van der Waals surface area contributed by atoms with Gasteiger partial charge in [0.25, 0.3) is 0 Å². The number of nitrogens with two attached hydrogens (primary N) is 1. The lowest BCUT2D eigenvalue weighted by atomic mass is 10.1. The van der Waals surface area contributed by atoms with Crippen LogP contribution in [0.15, 0.2) is 30.7 Å². The number of halogens is 4. The molecule has 0 saturated carbocycles. The van der Waals surface area contributed by atoms with Gasteiger partial charge in [0.05, 0.1) is 34.5 Å². The Morgan fingerprint density at radius 1 is 1.37 bits per heavy atom. The molecule has 0 radical (unpaired) electrons. The third-order valence-corrected chi connectivity index (χ3v) is 2.99. The second kappa shape index (κ2) is 4.86. The summed E-state index contributed by atoms with van der Waals surface area (Å²) in [5, 5.41) is 0.202. The maximum Gasteiger partial charge on any atom is 0.416 e. The third-order valence-electron chi connectivity index (χ3n) is 2.67. The van der Waals surface area contributed by atoms with E-state index in [0.717, 1.165) is 12.1 Å². The number of aromatic nitrogens is 2. The molecule has 1 atom stereocenters. The van der Waals surface area contributed by atoms with Crippen LogP contribution in [0.2, 0.25) is 5.02 Å². The number of imidazole rings is 1. The summed E-state index contributed by atoms with van der Waals surface area (Å²) in [7, 11) is 0. The lowest BCUT2D eigenvalue weighted by Gasteiger charge is -2.14. The molecule has 0 aliphatic rings. The van der Waals surface area contributed by atoms with Gasteiger partial charge in [-0.3, -0.25) is 0 Å². The summed E-state index contributed by atoms with van der Waals surface area (Å²) in [5.74, 6) is 0. The minimum absolute atomic E-state index is 0.202. The second-order valence-corrected chi connectivity index (χ2v) is 4.55. The van der Waals surface area contributed by atoms with Gasteiger partial charge in [0.15, 0.2) is 0 Å². The predicted molar refractivity (Wildman–Crippen MR) is 66.2 cm³/mol. The molecule has 2 aromatic rings. The van der Waals surface area contributed by atoms with Crippen LogP contribution in [0, 0.1) is 0 Å². The van der Waals surface area contributed by atoms with Crippen molar-refractivity contribution in [3.05, 3.63) is 47.0 Å². The van der Waals surface area contributed by atoms with Crippen LogP contribution in [0.4, 0.5) is 13.2 Å². The van der Waals surface area contributed by atoms with Crippen LogP contribution in [0.5, 0.6) is 0 Å². The quantitative estimate of drug-likeness (QED) is 0.918. The van der Waals surface area contributed by atoms with Crippen LogP contribution in [0.25, 0.3) is 5.69 Å². The highest BCUT2D eigenvalue weighted by molar-refractivity contribution is 6.32. The fourth-order valence-corrected chi connectivity index (χ4v) is 1.93. The van der Waals surface area contributed by atoms with Crippen molar-refractivity contribution < 1.29 is 13.2 Å². The molecular formula is C12H11ClF3N3. The van der Waals surface area contributed by atoms with Crippen LogP contribution < -0.4 is 5.73 Å². The maximum absolute atomic E-state index is 12.7. The standard InChI is InChI=1S/C12H11ClF3N3/c1-7(17)11-5-18-6-19(11)10-4-8(12(14,15)16)2-3-9(10)13/h2-7H,17H2,1H3/t7-/m1/s1. The Morgan fingerprint density at radius 2 is 2.05 bits per heavy atom. The average Bonchev–Trinajstić information content (AvgIpc) is 2.76. The van der Waals surface area contributed by atoms with Crippen molar-refractivity contribution in [3.63, 3.8) is 0 Å². The molecule has 0 bridgehead atoms. The lowest BCUT2D eigenvalue weighted by molar-refractivity contribution is -0.137. The minimum Gasteiger partial charge on any atom is -0.323 e. The Balaban J connectivity index is 2.58. The number of alkyl halides is 3. The van der Waals surface area contributed by atoms with E-state index >= 15 is 0 Å². The zero-order chi connectivity index (χ0) is 14.2. The molecule has 102 valence electrons.